The van der Waals surface area contributed by atoms with Crippen LogP contribution in [0.4, 0.5) is 5.82 Å². The maximum absolute atomic E-state index is 9.15. The zero-order valence-electron chi connectivity index (χ0n) is 10.8. The van der Waals surface area contributed by atoms with Gasteiger partial charge < -0.3 is 9.73 Å². The molecule has 0 bridgehead atoms. The number of hydrogen-bond donors (Lipinski definition) is 1. The third-order valence-electron chi connectivity index (χ3n) is 2.58. The van der Waals surface area contributed by atoms with E-state index in [2.05, 4.69) is 21.4 Å². The van der Waals surface area contributed by atoms with Gasteiger partial charge in [0.15, 0.2) is 0 Å². The van der Waals surface area contributed by atoms with Crippen LogP contribution in [0, 0.1) is 18.3 Å². The molecule has 0 aromatic carbocycles. The summed E-state index contributed by atoms with van der Waals surface area (Å²) >= 11 is 1.44. The van der Waals surface area contributed by atoms with Crippen molar-refractivity contribution in [1.82, 2.24) is 9.97 Å². The highest BCUT2D eigenvalue weighted by atomic mass is 32.2. The van der Waals surface area contributed by atoms with E-state index in [1.165, 1.54) is 18.1 Å². The molecule has 0 amide bonds. The molecule has 0 spiro atoms. The van der Waals surface area contributed by atoms with Crippen molar-refractivity contribution in [1.29, 1.82) is 5.26 Å². The Morgan fingerprint density at radius 2 is 2.26 bits per heavy atom. The number of anilines is 1. The Morgan fingerprint density at radius 3 is 2.89 bits per heavy atom. The van der Waals surface area contributed by atoms with E-state index in [9.17, 15) is 0 Å². The number of nitriles is 1. The van der Waals surface area contributed by atoms with Crippen LogP contribution >= 0.6 is 11.8 Å². The first kappa shape index (κ1) is 13.4. The normalized spacial score (nSPS) is 10.2. The highest BCUT2D eigenvalue weighted by Crippen LogP contribution is 2.21. The topological polar surface area (TPSA) is 74.7 Å². The largest absolute Gasteiger partial charge is 0.466 e. The average molecular weight is 274 g/mol. The lowest BCUT2D eigenvalue weighted by atomic mass is 10.3. The molecule has 2 rings (SSSR count). The molecule has 0 fully saturated rings. The predicted octanol–water partition coefficient (Wildman–Crippen LogP) is 2.63. The van der Waals surface area contributed by atoms with Crippen molar-refractivity contribution in [3.8, 4) is 6.07 Å². The number of thioether (sulfide) groups is 1. The van der Waals surface area contributed by atoms with Crippen LogP contribution in [-0.2, 0) is 6.42 Å². The summed E-state index contributed by atoms with van der Waals surface area (Å²) in [6, 6.07) is 6.03. The smallest absolute Gasteiger partial charge is 0.148 e. The molecule has 0 aliphatic rings. The van der Waals surface area contributed by atoms with Crippen LogP contribution in [0.1, 0.15) is 17.1 Å². The molecular formula is C13H14N4OS. The first-order valence-corrected chi connectivity index (χ1v) is 7.05. The molecule has 0 unspecified atom stereocenters. The van der Waals surface area contributed by atoms with E-state index in [-0.39, 0.29) is 0 Å². The van der Waals surface area contributed by atoms with E-state index >= 15 is 0 Å². The molecule has 0 saturated heterocycles. The summed E-state index contributed by atoms with van der Waals surface area (Å²) in [4.78, 5) is 8.17. The van der Waals surface area contributed by atoms with Gasteiger partial charge in [0.25, 0.3) is 0 Å². The number of aryl methyl sites for hydroxylation is 1. The van der Waals surface area contributed by atoms with Gasteiger partial charge in [-0.3, -0.25) is 0 Å². The van der Waals surface area contributed by atoms with Gasteiger partial charge in [0.05, 0.1) is 0 Å². The average Bonchev–Trinajstić information content (AvgIpc) is 2.84. The first-order chi connectivity index (χ1) is 9.24. The van der Waals surface area contributed by atoms with Gasteiger partial charge in [0, 0.05) is 13.0 Å². The molecule has 0 saturated carbocycles. The molecule has 6 heteroatoms. The minimum absolute atomic E-state index is 0.491. The number of furan rings is 1. The molecule has 98 valence electrons. The third-order valence-corrected chi connectivity index (χ3v) is 3.27. The van der Waals surface area contributed by atoms with E-state index < -0.39 is 0 Å². The highest BCUT2D eigenvalue weighted by Gasteiger charge is 2.09. The van der Waals surface area contributed by atoms with Crippen molar-refractivity contribution in [2.75, 3.05) is 18.1 Å². The molecule has 0 atom stereocenters. The van der Waals surface area contributed by atoms with Gasteiger partial charge >= 0.3 is 0 Å². The monoisotopic (exact) mass is 274 g/mol. The summed E-state index contributed by atoms with van der Waals surface area (Å²) in [5, 5.41) is 13.0. The van der Waals surface area contributed by atoms with Crippen molar-refractivity contribution in [3.05, 3.63) is 35.5 Å². The maximum Gasteiger partial charge on any atom is 0.148 e. The molecule has 0 radical (unpaired) electrons. The van der Waals surface area contributed by atoms with Crippen LogP contribution in [0.15, 0.2) is 27.9 Å². The van der Waals surface area contributed by atoms with Crippen LogP contribution in [0.5, 0.6) is 0 Å². The Bertz CT molecular complexity index is 603. The van der Waals surface area contributed by atoms with E-state index in [0.29, 0.717) is 23.0 Å². The van der Waals surface area contributed by atoms with Gasteiger partial charge in [-0.15, -0.1) is 11.8 Å². The summed E-state index contributed by atoms with van der Waals surface area (Å²) in [5.74, 6) is 2.40. The van der Waals surface area contributed by atoms with Crippen molar-refractivity contribution in [3.63, 3.8) is 0 Å². The predicted molar refractivity (Wildman–Crippen MR) is 74.2 cm³/mol. The maximum atomic E-state index is 9.15. The molecule has 0 aliphatic carbocycles. The minimum atomic E-state index is 0.491. The fourth-order valence-corrected chi connectivity index (χ4v) is 2.18. The standard InChI is InChI=1S/C13H14N4OS/c1-9-3-4-10(18-9)5-6-15-12-11(7-14)13(19-2)17-8-16-12/h3-4,8H,5-6H2,1-2H3,(H,15,16,17). The molecule has 1 N–H and O–H groups in total. The number of rotatable bonds is 5. The lowest BCUT2D eigenvalue weighted by Crippen LogP contribution is -2.08. The summed E-state index contributed by atoms with van der Waals surface area (Å²) < 4.78 is 5.48. The van der Waals surface area contributed by atoms with Gasteiger partial charge in [0.1, 0.15) is 40.3 Å². The fourth-order valence-electron chi connectivity index (χ4n) is 1.68. The first-order valence-electron chi connectivity index (χ1n) is 5.83. The zero-order chi connectivity index (χ0) is 13.7. The molecule has 2 aromatic rings. The number of nitrogens with one attached hydrogen (secondary N) is 1. The Balaban J connectivity index is 2.02. The molecular weight excluding hydrogens is 260 g/mol. The second kappa shape index (κ2) is 6.25. The zero-order valence-corrected chi connectivity index (χ0v) is 11.6. The number of hydrogen-bond acceptors (Lipinski definition) is 6. The Kier molecular flexibility index (Phi) is 4.42. The molecule has 5 nitrogen and oxygen atoms in total. The van der Waals surface area contributed by atoms with Crippen molar-refractivity contribution in [2.45, 2.75) is 18.4 Å². The van der Waals surface area contributed by atoms with E-state index in [1.54, 1.807) is 0 Å². The molecule has 2 aromatic heterocycles. The summed E-state index contributed by atoms with van der Waals surface area (Å²) in [5.41, 5.74) is 0.491. The van der Waals surface area contributed by atoms with E-state index in [1.807, 2.05) is 25.3 Å². The van der Waals surface area contributed by atoms with Crippen molar-refractivity contribution in [2.24, 2.45) is 0 Å². The van der Waals surface area contributed by atoms with Gasteiger partial charge in [-0.25, -0.2) is 9.97 Å². The van der Waals surface area contributed by atoms with Crippen LogP contribution in [-0.4, -0.2) is 22.8 Å². The molecule has 0 aliphatic heterocycles. The van der Waals surface area contributed by atoms with Crippen molar-refractivity contribution < 1.29 is 4.42 Å². The highest BCUT2D eigenvalue weighted by molar-refractivity contribution is 7.98. The van der Waals surface area contributed by atoms with Crippen LogP contribution in [0.3, 0.4) is 0 Å². The second-order valence-corrected chi connectivity index (χ2v) is 4.70. The second-order valence-electron chi connectivity index (χ2n) is 3.91. The number of aromatic nitrogens is 2. The van der Waals surface area contributed by atoms with Gasteiger partial charge in [-0.2, -0.15) is 5.26 Å². The number of nitrogens with zero attached hydrogens (tertiary/aromatic N) is 3. The Morgan fingerprint density at radius 1 is 1.42 bits per heavy atom. The lowest BCUT2D eigenvalue weighted by molar-refractivity contribution is 0.486. The third kappa shape index (κ3) is 3.26. The minimum Gasteiger partial charge on any atom is -0.466 e. The van der Waals surface area contributed by atoms with Gasteiger partial charge in [-0.05, 0) is 25.3 Å². The quantitative estimate of drug-likeness (QED) is 0.667. The Labute approximate surface area is 116 Å². The van der Waals surface area contributed by atoms with Gasteiger partial charge in [0.2, 0.25) is 0 Å². The molecule has 2 heterocycles. The summed E-state index contributed by atoms with van der Waals surface area (Å²) in [7, 11) is 0. The summed E-state index contributed by atoms with van der Waals surface area (Å²) in [6.07, 6.45) is 4.10. The fraction of sp³-hybridized carbons (Fsp3) is 0.308. The van der Waals surface area contributed by atoms with Crippen LogP contribution in [0.2, 0.25) is 0 Å². The summed E-state index contributed by atoms with van der Waals surface area (Å²) in [6.45, 7) is 2.58. The SMILES string of the molecule is CSc1ncnc(NCCc2ccc(C)o2)c1C#N. The molecule has 19 heavy (non-hydrogen) atoms. The van der Waals surface area contributed by atoms with E-state index in [4.69, 9.17) is 9.68 Å². The van der Waals surface area contributed by atoms with Crippen LogP contribution in [0.25, 0.3) is 0 Å². The van der Waals surface area contributed by atoms with E-state index in [0.717, 1.165) is 17.9 Å². The lowest BCUT2D eigenvalue weighted by Gasteiger charge is -2.07. The Hall–Kier alpha value is -2.00. The van der Waals surface area contributed by atoms with Crippen molar-refractivity contribution >= 4 is 17.6 Å². The van der Waals surface area contributed by atoms with Crippen LogP contribution < -0.4 is 5.32 Å². The van der Waals surface area contributed by atoms with Gasteiger partial charge in [-0.1, -0.05) is 0 Å².